The minimum atomic E-state index is -1.37. The summed E-state index contributed by atoms with van der Waals surface area (Å²) < 4.78 is 27.9. The fourth-order valence-electron chi connectivity index (χ4n) is 2.68. The van der Waals surface area contributed by atoms with E-state index in [2.05, 4.69) is 5.32 Å². The van der Waals surface area contributed by atoms with Crippen molar-refractivity contribution >= 4 is 34.4 Å². The number of carboxylic acid groups (broad SMARTS) is 1. The Bertz CT molecular complexity index is 1090. The Kier molecular flexibility index (Phi) is 4.98. The van der Waals surface area contributed by atoms with Crippen molar-refractivity contribution in [3.63, 3.8) is 0 Å². The molecule has 0 unspecified atom stereocenters. The highest BCUT2D eigenvalue weighted by molar-refractivity contribution is 6.09. The molecule has 3 aromatic rings. The lowest BCUT2D eigenvalue weighted by Gasteiger charge is -2.09. The highest BCUT2D eigenvalue weighted by Gasteiger charge is 2.15. The molecule has 3 rings (SSSR count). The molecule has 2 N–H and O–H groups in total. The number of benzene rings is 3. The molecule has 3 aromatic carbocycles. The van der Waals surface area contributed by atoms with Gasteiger partial charge in [0, 0.05) is 16.5 Å². The van der Waals surface area contributed by atoms with Gasteiger partial charge in [-0.15, -0.1) is 0 Å². The molecular formula is C21H15F2NO3. The van der Waals surface area contributed by atoms with Crippen molar-refractivity contribution in [1.82, 2.24) is 0 Å². The van der Waals surface area contributed by atoms with Crippen molar-refractivity contribution in [2.24, 2.45) is 0 Å². The molecule has 0 radical (unpaired) electrons. The molecule has 0 heterocycles. The van der Waals surface area contributed by atoms with Crippen LogP contribution < -0.4 is 5.32 Å². The first-order valence-electron chi connectivity index (χ1n) is 8.06. The van der Waals surface area contributed by atoms with Gasteiger partial charge in [-0.05, 0) is 36.6 Å². The Morgan fingerprint density at radius 2 is 1.78 bits per heavy atom. The molecule has 0 bridgehead atoms. The van der Waals surface area contributed by atoms with E-state index in [4.69, 9.17) is 5.11 Å². The second kappa shape index (κ2) is 7.37. The molecule has 0 aromatic heterocycles. The molecular weight excluding hydrogens is 352 g/mol. The molecule has 0 aliphatic carbocycles. The average molecular weight is 367 g/mol. The van der Waals surface area contributed by atoms with E-state index in [1.54, 1.807) is 36.4 Å². The third kappa shape index (κ3) is 3.84. The van der Waals surface area contributed by atoms with Crippen LogP contribution in [-0.4, -0.2) is 17.0 Å². The van der Waals surface area contributed by atoms with E-state index < -0.39 is 23.5 Å². The van der Waals surface area contributed by atoms with Crippen LogP contribution in [0.4, 0.5) is 14.5 Å². The number of anilines is 1. The van der Waals surface area contributed by atoms with E-state index in [9.17, 15) is 18.4 Å². The lowest BCUT2D eigenvalue weighted by Crippen LogP contribution is -2.15. The number of carbonyl (C=O) groups is 2. The van der Waals surface area contributed by atoms with Crippen molar-refractivity contribution in [2.45, 2.75) is 6.92 Å². The molecule has 27 heavy (non-hydrogen) atoms. The van der Waals surface area contributed by atoms with E-state index >= 15 is 0 Å². The summed E-state index contributed by atoms with van der Waals surface area (Å²) in [5, 5.41) is 12.7. The molecule has 0 spiro atoms. The summed E-state index contributed by atoms with van der Waals surface area (Å²) in [6, 6.07) is 13.3. The van der Waals surface area contributed by atoms with Crippen LogP contribution in [0.2, 0.25) is 0 Å². The molecule has 0 fully saturated rings. The third-order valence-corrected chi connectivity index (χ3v) is 4.08. The van der Waals surface area contributed by atoms with Crippen molar-refractivity contribution in [3.8, 4) is 0 Å². The summed E-state index contributed by atoms with van der Waals surface area (Å²) in [6.07, 6.45) is 1.38. The lowest BCUT2D eigenvalue weighted by molar-refractivity contribution is -0.112. The monoisotopic (exact) mass is 367 g/mol. The van der Waals surface area contributed by atoms with Crippen LogP contribution in [-0.2, 0) is 4.79 Å². The van der Waals surface area contributed by atoms with Crippen LogP contribution in [0.3, 0.4) is 0 Å². The van der Waals surface area contributed by atoms with Crippen molar-refractivity contribution in [1.29, 1.82) is 0 Å². The fraction of sp³-hybridized carbons (Fsp3) is 0.0476. The Morgan fingerprint density at radius 1 is 1.04 bits per heavy atom. The van der Waals surface area contributed by atoms with Crippen LogP contribution >= 0.6 is 0 Å². The third-order valence-electron chi connectivity index (χ3n) is 4.08. The highest BCUT2D eigenvalue weighted by Crippen LogP contribution is 2.23. The standard InChI is InChI=1S/C21H15F2NO3/c1-12(10-14-7-6-13-4-2-3-5-16(13)19(14)23)20(25)24-18-9-8-15(22)11-17(18)21(26)27/h2-11H,1H3,(H,24,25)(H,26,27)/b12-10+. The Hall–Kier alpha value is -3.54. The van der Waals surface area contributed by atoms with Gasteiger partial charge in [0.05, 0.1) is 11.3 Å². The number of amides is 1. The lowest BCUT2D eigenvalue weighted by atomic mass is 10.0. The van der Waals surface area contributed by atoms with Gasteiger partial charge in [0.1, 0.15) is 11.6 Å². The second-order valence-electron chi connectivity index (χ2n) is 5.97. The Morgan fingerprint density at radius 3 is 2.52 bits per heavy atom. The maximum Gasteiger partial charge on any atom is 0.337 e. The summed E-state index contributed by atoms with van der Waals surface area (Å²) in [6.45, 7) is 1.48. The SMILES string of the molecule is C/C(=C\c1ccc2ccccc2c1F)C(=O)Nc1ccc(F)cc1C(=O)O. The van der Waals surface area contributed by atoms with Gasteiger partial charge in [0.15, 0.2) is 0 Å². The molecule has 4 nitrogen and oxygen atoms in total. The maximum atomic E-state index is 14.6. The normalized spacial score (nSPS) is 11.4. The summed E-state index contributed by atoms with van der Waals surface area (Å²) in [4.78, 5) is 23.6. The van der Waals surface area contributed by atoms with Gasteiger partial charge >= 0.3 is 5.97 Å². The van der Waals surface area contributed by atoms with Crippen LogP contribution in [0.25, 0.3) is 16.8 Å². The van der Waals surface area contributed by atoms with Gasteiger partial charge in [-0.2, -0.15) is 0 Å². The number of nitrogens with one attached hydrogen (secondary N) is 1. The molecule has 0 atom stereocenters. The fourth-order valence-corrected chi connectivity index (χ4v) is 2.68. The first-order chi connectivity index (χ1) is 12.9. The van der Waals surface area contributed by atoms with Crippen LogP contribution in [0.5, 0.6) is 0 Å². The van der Waals surface area contributed by atoms with Gasteiger partial charge in [-0.3, -0.25) is 4.79 Å². The summed E-state index contributed by atoms with van der Waals surface area (Å²) in [5.74, 6) is -3.16. The topological polar surface area (TPSA) is 66.4 Å². The highest BCUT2D eigenvalue weighted by atomic mass is 19.1. The van der Waals surface area contributed by atoms with Crippen LogP contribution in [0.15, 0.2) is 60.2 Å². The predicted molar refractivity (Wildman–Crippen MR) is 99.5 cm³/mol. The maximum absolute atomic E-state index is 14.6. The van der Waals surface area contributed by atoms with Gasteiger partial charge in [0.2, 0.25) is 0 Å². The van der Waals surface area contributed by atoms with E-state index in [-0.39, 0.29) is 22.4 Å². The zero-order valence-electron chi connectivity index (χ0n) is 14.3. The van der Waals surface area contributed by atoms with Gasteiger partial charge in [-0.1, -0.05) is 36.4 Å². The van der Waals surface area contributed by atoms with E-state index in [1.807, 2.05) is 0 Å². The van der Waals surface area contributed by atoms with Crippen molar-refractivity contribution in [3.05, 3.63) is 82.9 Å². The molecule has 1 amide bonds. The Labute approximate surface area is 153 Å². The number of fused-ring (bicyclic) bond motifs is 1. The summed E-state index contributed by atoms with van der Waals surface area (Å²) in [7, 11) is 0. The molecule has 0 aliphatic rings. The molecule has 6 heteroatoms. The predicted octanol–water partition coefficient (Wildman–Crippen LogP) is 4.86. The largest absolute Gasteiger partial charge is 0.478 e. The second-order valence-corrected chi connectivity index (χ2v) is 5.97. The molecule has 0 saturated heterocycles. The first-order valence-corrected chi connectivity index (χ1v) is 8.06. The smallest absolute Gasteiger partial charge is 0.337 e. The van der Waals surface area contributed by atoms with Crippen LogP contribution in [0.1, 0.15) is 22.8 Å². The van der Waals surface area contributed by atoms with Gasteiger partial charge in [0.25, 0.3) is 5.91 Å². The summed E-state index contributed by atoms with van der Waals surface area (Å²) in [5.41, 5.74) is -0.00238. The van der Waals surface area contributed by atoms with Gasteiger partial charge in [-0.25, -0.2) is 13.6 Å². The van der Waals surface area contributed by atoms with E-state index in [0.29, 0.717) is 5.39 Å². The number of rotatable bonds is 4. The minimum Gasteiger partial charge on any atom is -0.478 e. The zero-order chi connectivity index (χ0) is 19.6. The first kappa shape index (κ1) is 18.3. The van der Waals surface area contributed by atoms with E-state index in [1.165, 1.54) is 19.1 Å². The minimum absolute atomic E-state index is 0.0411. The number of carbonyl (C=O) groups excluding carboxylic acids is 1. The quantitative estimate of drug-likeness (QED) is 0.647. The zero-order valence-corrected chi connectivity index (χ0v) is 14.3. The van der Waals surface area contributed by atoms with Crippen LogP contribution in [0, 0.1) is 11.6 Å². The molecule has 136 valence electrons. The average Bonchev–Trinajstić information content (AvgIpc) is 2.65. The number of aromatic carboxylic acids is 1. The van der Waals surface area contributed by atoms with Crippen molar-refractivity contribution in [2.75, 3.05) is 5.32 Å². The number of halogens is 2. The number of carboxylic acids is 1. The Balaban J connectivity index is 1.90. The number of hydrogen-bond donors (Lipinski definition) is 2. The van der Waals surface area contributed by atoms with E-state index in [0.717, 1.165) is 17.5 Å². The van der Waals surface area contributed by atoms with Crippen molar-refractivity contribution < 1.29 is 23.5 Å². The molecule has 0 saturated carbocycles. The molecule has 0 aliphatic heterocycles. The van der Waals surface area contributed by atoms with Gasteiger partial charge < -0.3 is 10.4 Å². The number of hydrogen-bond acceptors (Lipinski definition) is 2. The summed E-state index contributed by atoms with van der Waals surface area (Å²) >= 11 is 0.